The summed E-state index contributed by atoms with van der Waals surface area (Å²) in [5.41, 5.74) is 2.15. The molecular formula is C21H20N2O3. The second kappa shape index (κ2) is 8.25. The summed E-state index contributed by atoms with van der Waals surface area (Å²) in [7, 11) is 1.32. The molecule has 0 aliphatic rings. The number of aromatic nitrogens is 1. The van der Waals surface area contributed by atoms with E-state index in [9.17, 15) is 9.59 Å². The largest absolute Gasteiger partial charge is 0.467 e. The molecule has 0 bridgehead atoms. The number of esters is 1. The molecule has 0 aliphatic heterocycles. The smallest absolute Gasteiger partial charge is 0.328 e. The van der Waals surface area contributed by atoms with Crippen molar-refractivity contribution in [3.8, 4) is 0 Å². The summed E-state index contributed by atoms with van der Waals surface area (Å²) >= 11 is 0. The number of pyridine rings is 1. The third kappa shape index (κ3) is 4.06. The SMILES string of the molecule is COC(=O)[C@@H](CCc1ccccc1)NC(=O)c1cccc2cccnc12. The van der Waals surface area contributed by atoms with Crippen LogP contribution in [0.1, 0.15) is 22.3 Å². The van der Waals surface area contributed by atoms with Crippen LogP contribution in [0, 0.1) is 0 Å². The Hall–Kier alpha value is -3.21. The summed E-state index contributed by atoms with van der Waals surface area (Å²) in [4.78, 5) is 29.1. The van der Waals surface area contributed by atoms with Crippen LogP contribution in [-0.2, 0) is 16.0 Å². The molecule has 3 rings (SSSR count). The molecule has 1 aromatic heterocycles. The molecule has 0 aliphatic carbocycles. The molecule has 1 heterocycles. The maximum absolute atomic E-state index is 12.7. The molecule has 132 valence electrons. The number of carbonyl (C=O) groups excluding carboxylic acids is 2. The second-order valence-electron chi connectivity index (χ2n) is 5.95. The third-order valence-corrected chi connectivity index (χ3v) is 4.23. The van der Waals surface area contributed by atoms with Crippen LogP contribution < -0.4 is 5.32 Å². The van der Waals surface area contributed by atoms with Crippen LogP contribution in [0.25, 0.3) is 10.9 Å². The minimum absolute atomic E-state index is 0.335. The van der Waals surface area contributed by atoms with E-state index in [0.717, 1.165) is 10.9 Å². The lowest BCUT2D eigenvalue weighted by Gasteiger charge is -2.17. The van der Waals surface area contributed by atoms with Gasteiger partial charge in [-0.15, -0.1) is 0 Å². The minimum atomic E-state index is -0.716. The number of nitrogens with one attached hydrogen (secondary N) is 1. The summed E-state index contributed by atoms with van der Waals surface area (Å²) in [5.74, 6) is -0.791. The number of ether oxygens (including phenoxy) is 1. The van der Waals surface area contributed by atoms with Gasteiger partial charge in [0, 0.05) is 11.6 Å². The Kier molecular flexibility index (Phi) is 5.59. The summed E-state index contributed by atoms with van der Waals surface area (Å²) in [6.07, 6.45) is 2.77. The Balaban J connectivity index is 1.77. The van der Waals surface area contributed by atoms with Gasteiger partial charge in [0.2, 0.25) is 0 Å². The van der Waals surface area contributed by atoms with Crippen LogP contribution in [0.15, 0.2) is 66.9 Å². The first-order chi connectivity index (χ1) is 12.7. The molecular weight excluding hydrogens is 328 g/mol. The molecule has 0 spiro atoms. The van der Waals surface area contributed by atoms with Crippen molar-refractivity contribution in [3.05, 3.63) is 78.0 Å². The molecule has 5 heteroatoms. The summed E-state index contributed by atoms with van der Waals surface area (Å²) < 4.78 is 4.86. The number of hydrogen-bond acceptors (Lipinski definition) is 4. The highest BCUT2D eigenvalue weighted by Crippen LogP contribution is 2.16. The Morgan fingerprint density at radius 3 is 2.58 bits per heavy atom. The molecule has 0 saturated heterocycles. The van der Waals surface area contributed by atoms with E-state index in [1.165, 1.54) is 7.11 Å². The van der Waals surface area contributed by atoms with Crippen molar-refractivity contribution < 1.29 is 14.3 Å². The van der Waals surface area contributed by atoms with Gasteiger partial charge >= 0.3 is 5.97 Å². The topological polar surface area (TPSA) is 68.3 Å². The highest BCUT2D eigenvalue weighted by atomic mass is 16.5. The van der Waals surface area contributed by atoms with Gasteiger partial charge in [-0.1, -0.05) is 48.5 Å². The van der Waals surface area contributed by atoms with Crippen molar-refractivity contribution >= 4 is 22.8 Å². The maximum Gasteiger partial charge on any atom is 0.328 e. The average Bonchev–Trinajstić information content (AvgIpc) is 2.70. The van der Waals surface area contributed by atoms with E-state index in [2.05, 4.69) is 10.3 Å². The zero-order chi connectivity index (χ0) is 18.4. The van der Waals surface area contributed by atoms with Gasteiger partial charge in [-0.2, -0.15) is 0 Å². The molecule has 0 radical (unpaired) electrons. The van der Waals surface area contributed by atoms with E-state index in [1.807, 2.05) is 48.5 Å². The second-order valence-corrected chi connectivity index (χ2v) is 5.95. The molecule has 3 aromatic rings. The molecule has 0 saturated carbocycles. The zero-order valence-corrected chi connectivity index (χ0v) is 14.5. The minimum Gasteiger partial charge on any atom is -0.467 e. The summed E-state index contributed by atoms with van der Waals surface area (Å²) in [6, 6.07) is 18.2. The Morgan fingerprint density at radius 1 is 1.04 bits per heavy atom. The number of benzene rings is 2. The van der Waals surface area contributed by atoms with Crippen molar-refractivity contribution in [2.75, 3.05) is 7.11 Å². The molecule has 0 unspecified atom stereocenters. The number of nitrogens with zero attached hydrogens (tertiary/aromatic N) is 1. The van der Waals surface area contributed by atoms with Crippen LogP contribution >= 0.6 is 0 Å². The highest BCUT2D eigenvalue weighted by molar-refractivity contribution is 6.06. The van der Waals surface area contributed by atoms with Gasteiger partial charge < -0.3 is 10.1 Å². The third-order valence-electron chi connectivity index (χ3n) is 4.23. The van der Waals surface area contributed by atoms with Crippen LogP contribution in [0.3, 0.4) is 0 Å². The van der Waals surface area contributed by atoms with Crippen molar-refractivity contribution in [1.29, 1.82) is 0 Å². The lowest BCUT2D eigenvalue weighted by atomic mass is 10.0. The van der Waals surface area contributed by atoms with Crippen molar-refractivity contribution in [2.24, 2.45) is 0 Å². The fraction of sp³-hybridized carbons (Fsp3) is 0.190. The Labute approximate surface area is 152 Å². The molecule has 1 N–H and O–H groups in total. The molecule has 1 amide bonds. The standard InChI is InChI=1S/C21H20N2O3/c1-26-21(25)18(13-12-15-7-3-2-4-8-15)23-20(24)17-11-5-9-16-10-6-14-22-19(16)17/h2-11,14,18H,12-13H2,1H3,(H,23,24)/t18-/m1/s1. The first kappa shape index (κ1) is 17.6. The van der Waals surface area contributed by atoms with E-state index in [1.54, 1.807) is 18.3 Å². The Bertz CT molecular complexity index is 904. The molecule has 0 fully saturated rings. The fourth-order valence-electron chi connectivity index (χ4n) is 2.87. The molecule has 1 atom stereocenters. The molecule has 5 nitrogen and oxygen atoms in total. The summed E-state index contributed by atoms with van der Waals surface area (Å²) in [6.45, 7) is 0. The number of rotatable bonds is 6. The predicted octanol–water partition coefficient (Wildman–Crippen LogP) is 3.14. The first-order valence-corrected chi connectivity index (χ1v) is 8.45. The average molecular weight is 348 g/mol. The van der Waals surface area contributed by atoms with Gasteiger partial charge in [0.15, 0.2) is 0 Å². The number of fused-ring (bicyclic) bond motifs is 1. The Morgan fingerprint density at radius 2 is 1.81 bits per heavy atom. The zero-order valence-electron chi connectivity index (χ0n) is 14.5. The molecule has 2 aromatic carbocycles. The van der Waals surface area contributed by atoms with Crippen LogP contribution in [0.2, 0.25) is 0 Å². The number of methoxy groups -OCH3 is 1. The number of hydrogen-bond donors (Lipinski definition) is 1. The van der Waals surface area contributed by atoms with E-state index >= 15 is 0 Å². The van der Waals surface area contributed by atoms with Crippen LogP contribution in [-0.4, -0.2) is 30.0 Å². The monoisotopic (exact) mass is 348 g/mol. The van der Waals surface area contributed by atoms with Crippen LogP contribution in [0.5, 0.6) is 0 Å². The number of carbonyl (C=O) groups is 2. The van der Waals surface area contributed by atoms with Gasteiger partial charge in [-0.3, -0.25) is 9.78 Å². The van der Waals surface area contributed by atoms with Gasteiger partial charge in [0.25, 0.3) is 5.91 Å². The normalized spacial score (nSPS) is 11.7. The highest BCUT2D eigenvalue weighted by Gasteiger charge is 2.23. The lowest BCUT2D eigenvalue weighted by molar-refractivity contribution is -0.143. The van der Waals surface area contributed by atoms with Crippen molar-refractivity contribution in [1.82, 2.24) is 10.3 Å². The van der Waals surface area contributed by atoms with Gasteiger partial charge in [0.05, 0.1) is 18.2 Å². The van der Waals surface area contributed by atoms with Gasteiger partial charge in [0.1, 0.15) is 6.04 Å². The number of aryl methyl sites for hydroxylation is 1. The van der Waals surface area contributed by atoms with Gasteiger partial charge in [-0.05, 0) is 30.5 Å². The van der Waals surface area contributed by atoms with Gasteiger partial charge in [-0.25, -0.2) is 4.79 Å². The number of para-hydroxylation sites is 1. The van der Waals surface area contributed by atoms with E-state index in [4.69, 9.17) is 4.74 Å². The first-order valence-electron chi connectivity index (χ1n) is 8.45. The number of amides is 1. The lowest BCUT2D eigenvalue weighted by Crippen LogP contribution is -2.42. The van der Waals surface area contributed by atoms with Crippen molar-refractivity contribution in [2.45, 2.75) is 18.9 Å². The van der Waals surface area contributed by atoms with E-state index in [-0.39, 0.29) is 5.91 Å². The van der Waals surface area contributed by atoms with Crippen LogP contribution in [0.4, 0.5) is 0 Å². The maximum atomic E-state index is 12.7. The quantitative estimate of drug-likeness (QED) is 0.695. The van der Waals surface area contributed by atoms with E-state index < -0.39 is 12.0 Å². The molecule has 26 heavy (non-hydrogen) atoms. The fourth-order valence-corrected chi connectivity index (χ4v) is 2.87. The van der Waals surface area contributed by atoms with E-state index in [0.29, 0.717) is 23.9 Å². The predicted molar refractivity (Wildman–Crippen MR) is 99.8 cm³/mol. The summed E-state index contributed by atoms with van der Waals surface area (Å²) in [5, 5.41) is 3.67. The van der Waals surface area contributed by atoms with Crippen molar-refractivity contribution in [3.63, 3.8) is 0 Å².